The third kappa shape index (κ3) is 3.67. The van der Waals surface area contributed by atoms with Gasteiger partial charge in [0, 0.05) is 22.2 Å². The lowest BCUT2D eigenvalue weighted by molar-refractivity contribution is 0.0936. The van der Waals surface area contributed by atoms with Crippen LogP contribution in [0.3, 0.4) is 0 Å². The molecule has 1 aromatic carbocycles. The van der Waals surface area contributed by atoms with Crippen molar-refractivity contribution in [2.75, 3.05) is 0 Å². The topological polar surface area (TPSA) is 29.1 Å². The first-order chi connectivity index (χ1) is 9.45. The minimum absolute atomic E-state index is 0.0273. The fourth-order valence-corrected chi connectivity index (χ4v) is 3.08. The van der Waals surface area contributed by atoms with Crippen LogP contribution >= 0.6 is 11.3 Å². The number of hydrogen-bond donors (Lipinski definition) is 1. The maximum Gasteiger partial charge on any atom is 0.254 e. The molecule has 1 atom stereocenters. The Bertz CT molecular complexity index is 621. The number of benzene rings is 1. The Balaban J connectivity index is 2.02. The summed E-state index contributed by atoms with van der Waals surface area (Å²) in [5, 5.41) is 2.85. The van der Waals surface area contributed by atoms with Crippen molar-refractivity contribution < 1.29 is 9.18 Å². The number of nitrogens with one attached hydrogen (secondary N) is 1. The van der Waals surface area contributed by atoms with E-state index in [0.29, 0.717) is 0 Å². The van der Waals surface area contributed by atoms with Crippen LogP contribution in [0.2, 0.25) is 0 Å². The summed E-state index contributed by atoms with van der Waals surface area (Å²) in [4.78, 5) is 14.6. The third-order valence-electron chi connectivity index (χ3n) is 3.05. The Kier molecular flexibility index (Phi) is 4.55. The molecule has 1 N–H and O–H groups in total. The summed E-state index contributed by atoms with van der Waals surface area (Å²) in [6.45, 7) is 5.83. The standard InChI is InChI=1S/C16H18FNOS/c1-10-4-7-15(17)14(8-10)16(19)18-11(2)9-13-6-5-12(3)20-13/h4-8,11H,9H2,1-3H3,(H,18,19). The highest BCUT2D eigenvalue weighted by Gasteiger charge is 2.15. The molecule has 2 aromatic rings. The fraction of sp³-hybridized carbons (Fsp3) is 0.312. The van der Waals surface area contributed by atoms with E-state index in [1.54, 1.807) is 23.5 Å². The van der Waals surface area contributed by atoms with E-state index in [9.17, 15) is 9.18 Å². The monoisotopic (exact) mass is 291 g/mol. The lowest BCUT2D eigenvalue weighted by Gasteiger charge is -2.13. The van der Waals surface area contributed by atoms with Gasteiger partial charge in [-0.1, -0.05) is 11.6 Å². The first-order valence-corrected chi connectivity index (χ1v) is 7.39. The minimum Gasteiger partial charge on any atom is -0.349 e. The van der Waals surface area contributed by atoms with Crippen LogP contribution in [0.4, 0.5) is 4.39 Å². The molecule has 1 unspecified atom stereocenters. The molecule has 0 aliphatic heterocycles. The molecule has 4 heteroatoms. The molecule has 1 heterocycles. The first kappa shape index (κ1) is 14.7. The molecule has 0 aliphatic carbocycles. The average Bonchev–Trinajstić information content (AvgIpc) is 2.77. The second kappa shape index (κ2) is 6.18. The van der Waals surface area contributed by atoms with Gasteiger partial charge in [-0.2, -0.15) is 0 Å². The van der Waals surface area contributed by atoms with Gasteiger partial charge in [0.2, 0.25) is 0 Å². The molecule has 1 aromatic heterocycles. The van der Waals surface area contributed by atoms with E-state index in [1.165, 1.54) is 15.8 Å². The second-order valence-electron chi connectivity index (χ2n) is 5.07. The summed E-state index contributed by atoms with van der Waals surface area (Å²) in [5.41, 5.74) is 0.984. The summed E-state index contributed by atoms with van der Waals surface area (Å²) >= 11 is 1.72. The van der Waals surface area contributed by atoms with Crippen molar-refractivity contribution in [2.45, 2.75) is 33.2 Å². The van der Waals surface area contributed by atoms with Crippen LogP contribution in [0.15, 0.2) is 30.3 Å². The predicted octanol–water partition coefficient (Wildman–Crippen LogP) is 3.87. The van der Waals surface area contributed by atoms with Crippen molar-refractivity contribution in [3.63, 3.8) is 0 Å². The smallest absolute Gasteiger partial charge is 0.254 e. The zero-order chi connectivity index (χ0) is 14.7. The van der Waals surface area contributed by atoms with Crippen LogP contribution in [-0.4, -0.2) is 11.9 Å². The van der Waals surface area contributed by atoms with Crippen LogP contribution < -0.4 is 5.32 Å². The van der Waals surface area contributed by atoms with Gasteiger partial charge in [0.05, 0.1) is 5.56 Å². The van der Waals surface area contributed by atoms with Crippen LogP contribution in [0.25, 0.3) is 0 Å². The van der Waals surface area contributed by atoms with E-state index in [-0.39, 0.29) is 17.5 Å². The molecule has 2 nitrogen and oxygen atoms in total. The number of thiophene rings is 1. The van der Waals surface area contributed by atoms with Gasteiger partial charge in [0.1, 0.15) is 5.82 Å². The normalized spacial score (nSPS) is 12.2. The lowest BCUT2D eigenvalue weighted by atomic mass is 10.1. The van der Waals surface area contributed by atoms with E-state index < -0.39 is 5.82 Å². The van der Waals surface area contributed by atoms with Gasteiger partial charge in [-0.25, -0.2) is 4.39 Å². The minimum atomic E-state index is -0.479. The van der Waals surface area contributed by atoms with Crippen molar-refractivity contribution in [1.29, 1.82) is 0 Å². The molecule has 0 radical (unpaired) electrons. The average molecular weight is 291 g/mol. The summed E-state index contributed by atoms with van der Waals surface area (Å²) in [5.74, 6) is -0.834. The fourth-order valence-electron chi connectivity index (χ4n) is 2.06. The molecule has 0 fully saturated rings. The molecule has 106 valence electrons. The Hall–Kier alpha value is -1.68. The Morgan fingerprint density at radius 1 is 1.30 bits per heavy atom. The number of amides is 1. The predicted molar refractivity (Wildman–Crippen MR) is 80.8 cm³/mol. The Labute approximate surface area is 122 Å². The molecular formula is C16H18FNOS. The van der Waals surface area contributed by atoms with E-state index in [0.717, 1.165) is 12.0 Å². The molecule has 0 saturated heterocycles. The van der Waals surface area contributed by atoms with Crippen molar-refractivity contribution >= 4 is 17.2 Å². The van der Waals surface area contributed by atoms with Crippen LogP contribution in [0.1, 0.15) is 32.6 Å². The number of carbonyl (C=O) groups excluding carboxylic acids is 1. The molecule has 0 aliphatic rings. The zero-order valence-corrected chi connectivity index (χ0v) is 12.7. The van der Waals surface area contributed by atoms with Gasteiger partial charge in [-0.15, -0.1) is 11.3 Å². The van der Waals surface area contributed by atoms with Gasteiger partial charge < -0.3 is 5.32 Å². The van der Waals surface area contributed by atoms with Gasteiger partial charge in [-0.05, 0) is 45.0 Å². The summed E-state index contributed by atoms with van der Waals surface area (Å²) < 4.78 is 13.6. The zero-order valence-electron chi connectivity index (χ0n) is 11.9. The Morgan fingerprint density at radius 2 is 2.05 bits per heavy atom. The maximum absolute atomic E-state index is 13.6. The quantitative estimate of drug-likeness (QED) is 0.910. The highest BCUT2D eigenvalue weighted by Crippen LogP contribution is 2.17. The molecule has 20 heavy (non-hydrogen) atoms. The number of aryl methyl sites for hydroxylation is 2. The van der Waals surface area contributed by atoms with Gasteiger partial charge in [-0.3, -0.25) is 4.79 Å². The largest absolute Gasteiger partial charge is 0.349 e. The van der Waals surface area contributed by atoms with E-state index in [1.807, 2.05) is 13.8 Å². The lowest BCUT2D eigenvalue weighted by Crippen LogP contribution is -2.34. The number of hydrogen-bond acceptors (Lipinski definition) is 2. The summed E-state index contributed by atoms with van der Waals surface area (Å²) in [7, 11) is 0. The molecule has 0 bridgehead atoms. The molecule has 0 saturated carbocycles. The van der Waals surface area contributed by atoms with E-state index >= 15 is 0 Å². The van der Waals surface area contributed by atoms with Gasteiger partial charge in [0.25, 0.3) is 5.91 Å². The third-order valence-corrected chi connectivity index (χ3v) is 4.07. The van der Waals surface area contributed by atoms with Crippen molar-refractivity contribution in [3.05, 3.63) is 57.0 Å². The molecule has 2 rings (SSSR count). The Morgan fingerprint density at radius 3 is 2.70 bits per heavy atom. The summed E-state index contributed by atoms with van der Waals surface area (Å²) in [6.07, 6.45) is 0.762. The van der Waals surface area contributed by atoms with Crippen molar-refractivity contribution in [2.24, 2.45) is 0 Å². The summed E-state index contributed by atoms with van der Waals surface area (Å²) in [6, 6.07) is 8.67. The van der Waals surface area contributed by atoms with E-state index in [4.69, 9.17) is 0 Å². The van der Waals surface area contributed by atoms with Gasteiger partial charge in [0.15, 0.2) is 0 Å². The van der Waals surface area contributed by atoms with Crippen LogP contribution in [-0.2, 0) is 6.42 Å². The van der Waals surface area contributed by atoms with Crippen LogP contribution in [0, 0.1) is 19.7 Å². The van der Waals surface area contributed by atoms with E-state index in [2.05, 4.69) is 24.4 Å². The molecule has 0 spiro atoms. The highest BCUT2D eigenvalue weighted by atomic mass is 32.1. The molecular weight excluding hydrogens is 273 g/mol. The maximum atomic E-state index is 13.6. The van der Waals surface area contributed by atoms with Crippen molar-refractivity contribution in [1.82, 2.24) is 5.32 Å². The number of halogens is 1. The van der Waals surface area contributed by atoms with Crippen molar-refractivity contribution in [3.8, 4) is 0 Å². The van der Waals surface area contributed by atoms with Crippen LogP contribution in [0.5, 0.6) is 0 Å². The molecule has 1 amide bonds. The first-order valence-electron chi connectivity index (χ1n) is 6.58. The number of carbonyl (C=O) groups is 1. The highest BCUT2D eigenvalue weighted by molar-refractivity contribution is 7.11. The SMILES string of the molecule is Cc1ccc(F)c(C(=O)NC(C)Cc2ccc(C)s2)c1. The number of rotatable bonds is 4. The second-order valence-corrected chi connectivity index (χ2v) is 6.45. The van der Waals surface area contributed by atoms with Gasteiger partial charge >= 0.3 is 0 Å².